The lowest BCUT2D eigenvalue weighted by atomic mass is 9.97. The summed E-state index contributed by atoms with van der Waals surface area (Å²) in [4.78, 5) is 38.3. The van der Waals surface area contributed by atoms with Crippen LogP contribution in [0.4, 0.5) is 5.69 Å². The largest absolute Gasteiger partial charge is 0.507 e. The highest BCUT2D eigenvalue weighted by molar-refractivity contribution is 9.10. The highest BCUT2D eigenvalue weighted by Gasteiger charge is 2.62. The van der Waals surface area contributed by atoms with E-state index < -0.39 is 34.7 Å². The summed E-state index contributed by atoms with van der Waals surface area (Å²) in [5.41, 5.74) is -3.32. The molecule has 3 rings (SSSR count). The van der Waals surface area contributed by atoms with Crippen molar-refractivity contribution in [2.75, 3.05) is 12.0 Å². The van der Waals surface area contributed by atoms with Crippen molar-refractivity contribution in [1.82, 2.24) is 0 Å². The molecule has 1 fully saturated rings. The molecule has 0 aliphatic carbocycles. The maximum absolute atomic E-state index is 12.6. The Kier molecular flexibility index (Phi) is 4.86. The molecule has 0 bridgehead atoms. The molecular weight excluding hydrogens is 418 g/mol. The molecule has 1 atom stereocenters. The molecule has 0 radical (unpaired) electrons. The Labute approximate surface area is 162 Å². The number of amides is 1. The van der Waals surface area contributed by atoms with E-state index in [-0.39, 0.29) is 11.3 Å². The van der Waals surface area contributed by atoms with Crippen molar-refractivity contribution in [2.24, 2.45) is 0 Å². The number of nitrogens with zero attached hydrogens (tertiary/aromatic N) is 1. The summed E-state index contributed by atoms with van der Waals surface area (Å²) in [6, 6.07) is 13.8. The number of carbonyl (C=O) groups is 3. The molecule has 138 valence electrons. The number of anilines is 1. The van der Waals surface area contributed by atoms with Gasteiger partial charge in [0.25, 0.3) is 11.5 Å². The Hall–Kier alpha value is -2.97. The summed E-state index contributed by atoms with van der Waals surface area (Å²) in [5.74, 6) is -4.32. The average Bonchev–Trinajstić information content (AvgIpc) is 2.88. The van der Waals surface area contributed by atoms with Crippen LogP contribution in [0.3, 0.4) is 0 Å². The molecule has 0 aromatic heterocycles. The molecule has 1 amide bonds. The van der Waals surface area contributed by atoms with Gasteiger partial charge in [0.1, 0.15) is 11.3 Å². The number of aliphatic hydroxyl groups excluding tert-OH is 1. The minimum Gasteiger partial charge on any atom is -0.507 e. The van der Waals surface area contributed by atoms with E-state index in [0.717, 1.165) is 7.11 Å². The predicted molar refractivity (Wildman–Crippen MR) is 99.6 cm³/mol. The van der Waals surface area contributed by atoms with E-state index in [1.54, 1.807) is 30.3 Å². The van der Waals surface area contributed by atoms with E-state index in [0.29, 0.717) is 9.37 Å². The molecule has 0 spiro atoms. The summed E-state index contributed by atoms with van der Waals surface area (Å²) in [5, 5.41) is 21.8. The van der Waals surface area contributed by atoms with Gasteiger partial charge in [-0.3, -0.25) is 14.5 Å². The molecule has 1 heterocycles. The van der Waals surface area contributed by atoms with Gasteiger partial charge in [-0.05, 0) is 24.3 Å². The summed E-state index contributed by atoms with van der Waals surface area (Å²) >= 11 is 3.25. The summed E-state index contributed by atoms with van der Waals surface area (Å²) in [7, 11) is 1.01. The SMILES string of the molecule is COC(=O)C1(O)/C(=C(/O)c2ccc(Br)cc2)C(=O)C(=O)N1c1ccccc1. The standard InChI is InChI=1S/C19H14BrNO6/c1-27-18(25)19(26)14(15(22)11-7-9-12(20)10-8-11)16(23)17(24)21(19)13-5-3-2-4-6-13/h2-10,22,26H,1H3/b15-14+. The number of halogens is 1. The van der Waals surface area contributed by atoms with Crippen LogP contribution in [0.2, 0.25) is 0 Å². The summed E-state index contributed by atoms with van der Waals surface area (Å²) in [6.45, 7) is 0. The molecule has 2 N–H and O–H groups in total. The number of methoxy groups -OCH3 is 1. The fourth-order valence-electron chi connectivity index (χ4n) is 2.87. The van der Waals surface area contributed by atoms with Crippen LogP contribution in [-0.2, 0) is 19.1 Å². The van der Waals surface area contributed by atoms with Gasteiger partial charge >= 0.3 is 11.9 Å². The lowest BCUT2D eigenvalue weighted by Crippen LogP contribution is -2.54. The highest BCUT2D eigenvalue weighted by atomic mass is 79.9. The average molecular weight is 432 g/mol. The topological polar surface area (TPSA) is 104 Å². The lowest BCUT2D eigenvalue weighted by molar-refractivity contribution is -0.158. The molecule has 1 aliphatic heterocycles. The molecule has 27 heavy (non-hydrogen) atoms. The van der Waals surface area contributed by atoms with Gasteiger partial charge in [-0.1, -0.05) is 46.3 Å². The van der Waals surface area contributed by atoms with Crippen LogP contribution < -0.4 is 4.90 Å². The number of rotatable bonds is 3. The van der Waals surface area contributed by atoms with E-state index in [9.17, 15) is 24.6 Å². The van der Waals surface area contributed by atoms with Gasteiger partial charge < -0.3 is 14.9 Å². The number of ether oxygens (including phenoxy) is 1. The smallest absolute Gasteiger partial charge is 0.365 e. The van der Waals surface area contributed by atoms with Gasteiger partial charge in [0, 0.05) is 15.7 Å². The van der Waals surface area contributed by atoms with Gasteiger partial charge in [0.2, 0.25) is 0 Å². The Morgan fingerprint density at radius 2 is 1.67 bits per heavy atom. The van der Waals surface area contributed by atoms with E-state index >= 15 is 0 Å². The third-order valence-corrected chi connectivity index (χ3v) is 4.66. The van der Waals surface area contributed by atoms with E-state index in [1.165, 1.54) is 24.3 Å². The number of carbonyl (C=O) groups excluding carboxylic acids is 3. The molecule has 1 unspecified atom stereocenters. The molecule has 8 heteroatoms. The number of benzene rings is 2. The van der Waals surface area contributed by atoms with Crippen LogP contribution in [0, 0.1) is 0 Å². The normalized spacial score (nSPS) is 21.4. The molecule has 1 saturated heterocycles. The number of ketones is 1. The first-order valence-electron chi connectivity index (χ1n) is 7.76. The number of Topliss-reactive ketones (excluding diaryl/α,β-unsaturated/α-hetero) is 1. The van der Waals surface area contributed by atoms with Gasteiger partial charge in [-0.2, -0.15) is 0 Å². The minimum absolute atomic E-state index is 0.0994. The number of aliphatic hydroxyl groups is 2. The van der Waals surface area contributed by atoms with Crippen molar-refractivity contribution in [3.05, 3.63) is 70.2 Å². The monoisotopic (exact) mass is 431 g/mol. The Morgan fingerprint density at radius 3 is 2.22 bits per heavy atom. The van der Waals surface area contributed by atoms with E-state index in [2.05, 4.69) is 20.7 Å². The minimum atomic E-state index is -2.80. The quantitative estimate of drug-likeness (QED) is 0.334. The molecule has 2 aromatic rings. The second-order valence-electron chi connectivity index (χ2n) is 5.70. The third kappa shape index (κ3) is 2.92. The maximum Gasteiger partial charge on any atom is 0.365 e. The first kappa shape index (κ1) is 18.8. The first-order chi connectivity index (χ1) is 12.8. The van der Waals surface area contributed by atoms with Crippen LogP contribution in [0.15, 0.2) is 64.6 Å². The number of hydrogen-bond donors (Lipinski definition) is 2. The van der Waals surface area contributed by atoms with E-state index in [1.807, 2.05) is 0 Å². The second kappa shape index (κ2) is 6.98. The fraction of sp³-hybridized carbons (Fsp3) is 0.105. The number of esters is 1. The van der Waals surface area contributed by atoms with Crippen molar-refractivity contribution in [2.45, 2.75) is 5.72 Å². The Bertz CT molecular complexity index is 954. The van der Waals surface area contributed by atoms with Gasteiger partial charge in [0.15, 0.2) is 0 Å². The van der Waals surface area contributed by atoms with Crippen molar-refractivity contribution in [1.29, 1.82) is 0 Å². The van der Waals surface area contributed by atoms with Crippen molar-refractivity contribution in [3.63, 3.8) is 0 Å². The van der Waals surface area contributed by atoms with Crippen LogP contribution in [0.25, 0.3) is 5.76 Å². The number of hydrogen-bond acceptors (Lipinski definition) is 6. The molecule has 1 aliphatic rings. The zero-order chi connectivity index (χ0) is 19.8. The number of para-hydroxylation sites is 1. The zero-order valence-corrected chi connectivity index (χ0v) is 15.6. The predicted octanol–water partition coefficient (Wildman–Crippen LogP) is 2.20. The summed E-state index contributed by atoms with van der Waals surface area (Å²) < 4.78 is 5.35. The fourth-order valence-corrected chi connectivity index (χ4v) is 3.13. The van der Waals surface area contributed by atoms with Gasteiger partial charge in [-0.15, -0.1) is 0 Å². The molecule has 0 saturated carbocycles. The van der Waals surface area contributed by atoms with Crippen LogP contribution in [0.5, 0.6) is 0 Å². The molecule has 7 nitrogen and oxygen atoms in total. The van der Waals surface area contributed by atoms with Crippen molar-refractivity contribution in [3.8, 4) is 0 Å². The Morgan fingerprint density at radius 1 is 1.07 bits per heavy atom. The van der Waals surface area contributed by atoms with Crippen LogP contribution in [-0.4, -0.2) is 40.7 Å². The molecule has 2 aromatic carbocycles. The van der Waals surface area contributed by atoms with Gasteiger partial charge in [-0.25, -0.2) is 4.79 Å². The zero-order valence-electron chi connectivity index (χ0n) is 14.0. The second-order valence-corrected chi connectivity index (χ2v) is 6.62. The third-order valence-electron chi connectivity index (χ3n) is 4.14. The van der Waals surface area contributed by atoms with E-state index in [4.69, 9.17) is 0 Å². The summed E-state index contributed by atoms with van der Waals surface area (Å²) in [6.07, 6.45) is 0. The first-order valence-corrected chi connectivity index (χ1v) is 8.56. The van der Waals surface area contributed by atoms with Crippen molar-refractivity contribution >= 4 is 45.0 Å². The van der Waals surface area contributed by atoms with Crippen molar-refractivity contribution < 1.29 is 29.3 Å². The van der Waals surface area contributed by atoms with Gasteiger partial charge in [0.05, 0.1) is 7.11 Å². The Balaban J connectivity index is 2.28. The van der Waals surface area contributed by atoms with Crippen LogP contribution >= 0.6 is 15.9 Å². The molecular formula is C19H14BrNO6. The van der Waals surface area contributed by atoms with Crippen LogP contribution in [0.1, 0.15) is 5.56 Å². The highest BCUT2D eigenvalue weighted by Crippen LogP contribution is 2.39. The lowest BCUT2D eigenvalue weighted by Gasteiger charge is -2.30. The maximum atomic E-state index is 12.6.